The maximum atomic E-state index is 12.0. The van der Waals surface area contributed by atoms with E-state index in [9.17, 15) is 4.79 Å². The summed E-state index contributed by atoms with van der Waals surface area (Å²) in [7, 11) is 3.35. The largest absolute Gasteiger partial charge is 0.493 e. The molecule has 0 aromatic heterocycles. The van der Waals surface area contributed by atoms with Crippen LogP contribution in [0, 0.1) is 0 Å². The summed E-state index contributed by atoms with van der Waals surface area (Å²) >= 11 is 0. The molecule has 0 spiro atoms. The lowest BCUT2D eigenvalue weighted by molar-refractivity contribution is 0.0958. The van der Waals surface area contributed by atoms with E-state index in [0.29, 0.717) is 23.6 Å². The van der Waals surface area contributed by atoms with E-state index < -0.39 is 0 Å². The molecule has 0 amide bonds. The molecule has 0 unspecified atom stereocenters. The van der Waals surface area contributed by atoms with Crippen LogP contribution in [-0.4, -0.2) is 32.6 Å². The van der Waals surface area contributed by atoms with Crippen LogP contribution >= 0.6 is 0 Å². The van der Waals surface area contributed by atoms with Crippen molar-refractivity contribution < 1.29 is 14.3 Å². The summed E-state index contributed by atoms with van der Waals surface area (Å²) < 4.78 is 11.2. The van der Waals surface area contributed by atoms with Gasteiger partial charge in [-0.3, -0.25) is 4.79 Å². The van der Waals surface area contributed by atoms with Gasteiger partial charge < -0.3 is 14.8 Å². The minimum atomic E-state index is 0.0192. The second-order valence-electron chi connectivity index (χ2n) is 4.46. The maximum Gasteiger partial charge on any atom is 0.180 e. The Labute approximate surface area is 107 Å². The van der Waals surface area contributed by atoms with Gasteiger partial charge in [0.25, 0.3) is 0 Å². The van der Waals surface area contributed by atoms with Gasteiger partial charge in [0.05, 0.1) is 25.3 Å². The molecule has 0 atom stereocenters. The molecule has 1 aliphatic carbocycles. The number of carbonyl (C=O) groups excluding carboxylic acids is 1. The summed E-state index contributed by atoms with van der Waals surface area (Å²) in [6.07, 6.45) is 3.53. The predicted molar refractivity (Wildman–Crippen MR) is 69.5 cm³/mol. The van der Waals surface area contributed by atoms with Gasteiger partial charge in [0, 0.05) is 0 Å². The summed E-state index contributed by atoms with van der Waals surface area (Å²) in [4.78, 5) is 12.0. The molecule has 2 rings (SSSR count). The first-order valence-corrected chi connectivity index (χ1v) is 6.27. The zero-order valence-electron chi connectivity index (χ0n) is 10.9. The molecule has 0 aliphatic heterocycles. The number of rotatable bonds is 6. The van der Waals surface area contributed by atoms with Crippen molar-refractivity contribution >= 4 is 5.78 Å². The van der Waals surface area contributed by atoms with Gasteiger partial charge in [0.15, 0.2) is 17.3 Å². The molecule has 1 aliphatic rings. The third kappa shape index (κ3) is 2.64. The van der Waals surface area contributed by atoms with Crippen LogP contribution in [0.1, 0.15) is 29.6 Å². The van der Waals surface area contributed by atoms with Gasteiger partial charge in [-0.2, -0.15) is 0 Å². The maximum absolute atomic E-state index is 12.0. The van der Waals surface area contributed by atoms with Crippen molar-refractivity contribution in [2.45, 2.75) is 25.4 Å². The van der Waals surface area contributed by atoms with Gasteiger partial charge in [0.1, 0.15) is 0 Å². The lowest BCUT2D eigenvalue weighted by atomic mass is 9.96. The van der Waals surface area contributed by atoms with E-state index in [1.807, 2.05) is 12.1 Å². The summed E-state index contributed by atoms with van der Waals surface area (Å²) in [6.45, 7) is 0.300. The molecule has 0 heterocycles. The van der Waals surface area contributed by atoms with Gasteiger partial charge in [-0.15, -0.1) is 0 Å². The Kier molecular flexibility index (Phi) is 4.20. The second kappa shape index (κ2) is 5.87. The standard InChI is InChI=1S/C14H19NO3/c1-15-9-12(16)11-7-4-8-13(17-2)14(11)18-10-5-3-6-10/h4,7-8,10,15H,3,5-6,9H2,1-2H3. The average Bonchev–Trinajstić information content (AvgIpc) is 2.33. The zero-order valence-corrected chi connectivity index (χ0v) is 10.9. The van der Waals surface area contributed by atoms with Crippen LogP contribution in [-0.2, 0) is 0 Å². The number of ketones is 1. The average molecular weight is 249 g/mol. The third-order valence-corrected chi connectivity index (χ3v) is 3.17. The number of Topliss-reactive ketones (excluding diaryl/α,β-unsaturated/α-hetero) is 1. The smallest absolute Gasteiger partial charge is 0.180 e. The lowest BCUT2D eigenvalue weighted by Gasteiger charge is -2.28. The number of methoxy groups -OCH3 is 1. The molecule has 1 fully saturated rings. The van der Waals surface area contributed by atoms with Crippen LogP contribution < -0.4 is 14.8 Å². The first-order valence-electron chi connectivity index (χ1n) is 6.27. The Morgan fingerprint density at radius 1 is 1.44 bits per heavy atom. The molecule has 1 N–H and O–H groups in total. The Hall–Kier alpha value is -1.55. The highest BCUT2D eigenvalue weighted by Gasteiger charge is 2.24. The van der Waals surface area contributed by atoms with Crippen molar-refractivity contribution in [3.8, 4) is 11.5 Å². The number of hydrogen-bond acceptors (Lipinski definition) is 4. The highest BCUT2D eigenvalue weighted by molar-refractivity contribution is 6.00. The lowest BCUT2D eigenvalue weighted by Crippen LogP contribution is -2.26. The van der Waals surface area contributed by atoms with Crippen LogP contribution in [0.25, 0.3) is 0 Å². The molecule has 0 bridgehead atoms. The van der Waals surface area contributed by atoms with E-state index in [-0.39, 0.29) is 11.9 Å². The fraction of sp³-hybridized carbons (Fsp3) is 0.500. The molecule has 4 nitrogen and oxygen atoms in total. The number of nitrogens with one attached hydrogen (secondary N) is 1. The Balaban J connectivity index is 2.27. The number of benzene rings is 1. The van der Waals surface area contributed by atoms with Gasteiger partial charge in [-0.1, -0.05) is 6.07 Å². The minimum Gasteiger partial charge on any atom is -0.493 e. The molecule has 1 aromatic rings. The van der Waals surface area contributed by atoms with Crippen LogP contribution in [0.15, 0.2) is 18.2 Å². The zero-order chi connectivity index (χ0) is 13.0. The Bertz CT molecular complexity index is 427. The van der Waals surface area contributed by atoms with Gasteiger partial charge in [0.2, 0.25) is 0 Å². The van der Waals surface area contributed by atoms with Gasteiger partial charge >= 0.3 is 0 Å². The second-order valence-corrected chi connectivity index (χ2v) is 4.46. The number of ether oxygens (including phenoxy) is 2. The van der Waals surface area contributed by atoms with Crippen molar-refractivity contribution in [3.63, 3.8) is 0 Å². The predicted octanol–water partition coefficient (Wildman–Crippen LogP) is 2.03. The van der Waals surface area contributed by atoms with Crippen molar-refractivity contribution in [3.05, 3.63) is 23.8 Å². The first kappa shape index (κ1) is 12.9. The monoisotopic (exact) mass is 249 g/mol. The summed E-state index contributed by atoms with van der Waals surface area (Å²) in [5.74, 6) is 1.24. The molecule has 18 heavy (non-hydrogen) atoms. The summed E-state index contributed by atoms with van der Waals surface area (Å²) in [5.41, 5.74) is 0.593. The fourth-order valence-electron chi connectivity index (χ4n) is 1.93. The molecular formula is C14H19NO3. The topological polar surface area (TPSA) is 47.6 Å². The van der Waals surface area contributed by atoms with Crippen molar-refractivity contribution in [1.82, 2.24) is 5.32 Å². The van der Waals surface area contributed by atoms with E-state index in [2.05, 4.69) is 5.32 Å². The highest BCUT2D eigenvalue weighted by Crippen LogP contribution is 2.35. The molecule has 1 aromatic carbocycles. The molecule has 1 saturated carbocycles. The number of para-hydroxylation sites is 1. The van der Waals surface area contributed by atoms with Crippen LogP contribution in [0.4, 0.5) is 0 Å². The Morgan fingerprint density at radius 3 is 2.78 bits per heavy atom. The van der Waals surface area contributed by atoms with E-state index in [1.54, 1.807) is 20.2 Å². The minimum absolute atomic E-state index is 0.0192. The van der Waals surface area contributed by atoms with E-state index in [4.69, 9.17) is 9.47 Å². The number of carbonyl (C=O) groups is 1. The Morgan fingerprint density at radius 2 is 2.22 bits per heavy atom. The highest BCUT2D eigenvalue weighted by atomic mass is 16.5. The van der Waals surface area contributed by atoms with Crippen LogP contribution in [0.3, 0.4) is 0 Å². The van der Waals surface area contributed by atoms with Crippen molar-refractivity contribution in [2.24, 2.45) is 0 Å². The molecule has 0 radical (unpaired) electrons. The van der Waals surface area contributed by atoms with Crippen LogP contribution in [0.5, 0.6) is 11.5 Å². The van der Waals surface area contributed by atoms with Crippen molar-refractivity contribution in [1.29, 1.82) is 0 Å². The molecule has 98 valence electrons. The fourth-order valence-corrected chi connectivity index (χ4v) is 1.93. The molecule has 0 saturated heterocycles. The molecule has 4 heteroatoms. The number of hydrogen-bond donors (Lipinski definition) is 1. The van der Waals surface area contributed by atoms with Gasteiger partial charge in [-0.05, 0) is 38.4 Å². The van der Waals surface area contributed by atoms with E-state index in [0.717, 1.165) is 12.8 Å². The molecular weight excluding hydrogens is 230 g/mol. The normalized spacial score (nSPS) is 15.0. The first-order chi connectivity index (χ1) is 8.76. The SMILES string of the molecule is CNCC(=O)c1cccc(OC)c1OC1CCC1. The van der Waals surface area contributed by atoms with Crippen molar-refractivity contribution in [2.75, 3.05) is 20.7 Å². The van der Waals surface area contributed by atoms with E-state index in [1.165, 1.54) is 6.42 Å². The quantitative estimate of drug-likeness (QED) is 0.784. The summed E-state index contributed by atoms with van der Waals surface area (Å²) in [6, 6.07) is 5.43. The van der Waals surface area contributed by atoms with Crippen LogP contribution in [0.2, 0.25) is 0 Å². The van der Waals surface area contributed by atoms with E-state index >= 15 is 0 Å². The summed E-state index contributed by atoms with van der Waals surface area (Å²) in [5, 5.41) is 2.87. The third-order valence-electron chi connectivity index (χ3n) is 3.17. The number of likely N-dealkylation sites (N-methyl/N-ethyl adjacent to an activating group) is 1. The van der Waals surface area contributed by atoms with Gasteiger partial charge in [-0.25, -0.2) is 0 Å².